The Kier molecular flexibility index (Phi) is 4.67. The third-order valence-corrected chi connectivity index (χ3v) is 4.11. The predicted molar refractivity (Wildman–Crippen MR) is 95.1 cm³/mol. The van der Waals surface area contributed by atoms with Crippen molar-refractivity contribution in [3.05, 3.63) is 76.5 Å². The minimum Gasteiger partial charge on any atom is -0.331 e. The molecule has 0 aliphatic heterocycles. The Bertz CT molecular complexity index is 877. The Balaban J connectivity index is 1.65. The molecule has 0 spiro atoms. The summed E-state index contributed by atoms with van der Waals surface area (Å²) in [5.74, 6) is 0.00703. The molecule has 0 aliphatic rings. The number of amides is 1. The summed E-state index contributed by atoms with van der Waals surface area (Å²) in [7, 11) is 1.77. The van der Waals surface area contributed by atoms with E-state index in [0.717, 1.165) is 5.56 Å². The fourth-order valence-corrected chi connectivity index (χ4v) is 2.77. The number of thiophene rings is 1. The van der Waals surface area contributed by atoms with Crippen molar-refractivity contribution in [1.29, 1.82) is 0 Å². The lowest BCUT2D eigenvalue weighted by molar-refractivity contribution is -0.111. The van der Waals surface area contributed by atoms with Crippen molar-refractivity contribution in [1.82, 2.24) is 9.55 Å². The molecule has 5 nitrogen and oxygen atoms in total. The van der Waals surface area contributed by atoms with Gasteiger partial charge in [0.1, 0.15) is 0 Å². The Hall–Kier alpha value is -2.99. The first-order valence-electron chi connectivity index (χ1n) is 7.27. The van der Waals surface area contributed by atoms with Crippen LogP contribution in [0.4, 0.5) is 5.69 Å². The molecule has 1 N–H and O–H groups in total. The molecule has 3 rings (SSSR count). The van der Waals surface area contributed by atoms with Crippen LogP contribution in [0, 0.1) is 0 Å². The lowest BCUT2D eigenvalue weighted by Gasteiger charge is -2.04. The number of hydrogen-bond acceptors (Lipinski definition) is 4. The number of benzene rings is 1. The molecule has 0 unspecified atom stereocenters. The summed E-state index contributed by atoms with van der Waals surface area (Å²) < 4.78 is 1.67. The van der Waals surface area contributed by atoms with Gasteiger partial charge in [-0.05, 0) is 52.7 Å². The van der Waals surface area contributed by atoms with Crippen LogP contribution in [0.2, 0.25) is 0 Å². The summed E-state index contributed by atoms with van der Waals surface area (Å²) in [4.78, 5) is 28.2. The van der Waals surface area contributed by atoms with E-state index in [1.807, 2.05) is 16.8 Å². The maximum absolute atomic E-state index is 12.3. The van der Waals surface area contributed by atoms with Crippen molar-refractivity contribution in [3.63, 3.8) is 0 Å². The first-order chi connectivity index (χ1) is 11.6. The molecule has 24 heavy (non-hydrogen) atoms. The van der Waals surface area contributed by atoms with Gasteiger partial charge in [0.25, 0.3) is 0 Å². The van der Waals surface area contributed by atoms with E-state index < -0.39 is 0 Å². The van der Waals surface area contributed by atoms with Gasteiger partial charge >= 0.3 is 0 Å². The summed E-state index contributed by atoms with van der Waals surface area (Å²) in [6.07, 6.45) is 6.54. The Labute approximate surface area is 143 Å². The van der Waals surface area contributed by atoms with Gasteiger partial charge in [-0.25, -0.2) is 4.98 Å². The molecule has 2 heterocycles. The molecule has 2 aromatic heterocycles. The fraction of sp³-hybridized carbons (Fsp3) is 0.0556. The van der Waals surface area contributed by atoms with Gasteiger partial charge in [-0.1, -0.05) is 0 Å². The molecule has 0 bridgehead atoms. The minimum absolute atomic E-state index is 0.155. The highest BCUT2D eigenvalue weighted by molar-refractivity contribution is 7.08. The van der Waals surface area contributed by atoms with Gasteiger partial charge in [-0.3, -0.25) is 9.59 Å². The van der Waals surface area contributed by atoms with Crippen molar-refractivity contribution < 1.29 is 9.59 Å². The molecule has 0 saturated carbocycles. The van der Waals surface area contributed by atoms with Crippen LogP contribution in [0.15, 0.2) is 59.6 Å². The van der Waals surface area contributed by atoms with Crippen molar-refractivity contribution >= 4 is 34.8 Å². The average Bonchev–Trinajstić information content (AvgIpc) is 3.24. The van der Waals surface area contributed by atoms with Crippen LogP contribution in [-0.2, 0) is 11.8 Å². The van der Waals surface area contributed by atoms with E-state index in [1.54, 1.807) is 65.7 Å². The monoisotopic (exact) mass is 337 g/mol. The summed E-state index contributed by atoms with van der Waals surface area (Å²) in [6.45, 7) is 0. The average molecular weight is 337 g/mol. The molecule has 0 radical (unpaired) electrons. The van der Waals surface area contributed by atoms with Crippen LogP contribution in [0.1, 0.15) is 21.7 Å². The first-order valence-corrected chi connectivity index (χ1v) is 8.21. The maximum atomic E-state index is 12.3. The van der Waals surface area contributed by atoms with E-state index >= 15 is 0 Å². The van der Waals surface area contributed by atoms with Crippen LogP contribution in [0.3, 0.4) is 0 Å². The molecule has 0 saturated heterocycles. The highest BCUT2D eigenvalue weighted by Gasteiger charge is 2.13. The minimum atomic E-state index is -0.218. The lowest BCUT2D eigenvalue weighted by atomic mass is 10.1. The molecular weight excluding hydrogens is 322 g/mol. The van der Waals surface area contributed by atoms with Crippen LogP contribution in [0.5, 0.6) is 0 Å². The van der Waals surface area contributed by atoms with E-state index in [4.69, 9.17) is 0 Å². The molecular formula is C18H15N3O2S. The third-order valence-electron chi connectivity index (χ3n) is 3.41. The van der Waals surface area contributed by atoms with E-state index in [0.29, 0.717) is 17.1 Å². The maximum Gasteiger partial charge on any atom is 0.248 e. The normalized spacial score (nSPS) is 10.9. The zero-order valence-electron chi connectivity index (χ0n) is 13.0. The van der Waals surface area contributed by atoms with E-state index in [1.165, 1.54) is 6.08 Å². The Morgan fingerprint density at radius 3 is 2.62 bits per heavy atom. The smallest absolute Gasteiger partial charge is 0.248 e. The van der Waals surface area contributed by atoms with Crippen LogP contribution in [-0.4, -0.2) is 21.2 Å². The third kappa shape index (κ3) is 3.67. The van der Waals surface area contributed by atoms with Crippen LogP contribution >= 0.6 is 11.3 Å². The number of anilines is 1. The van der Waals surface area contributed by atoms with E-state index in [2.05, 4.69) is 10.3 Å². The zero-order valence-corrected chi connectivity index (χ0v) is 13.8. The predicted octanol–water partition coefficient (Wildman–Crippen LogP) is 3.36. The Morgan fingerprint density at radius 2 is 2.00 bits per heavy atom. The molecule has 0 aliphatic carbocycles. The number of nitrogens with zero attached hydrogens (tertiary/aromatic N) is 2. The molecule has 120 valence electrons. The topological polar surface area (TPSA) is 64.0 Å². The van der Waals surface area contributed by atoms with Gasteiger partial charge in [0.2, 0.25) is 11.7 Å². The zero-order chi connectivity index (χ0) is 16.9. The summed E-state index contributed by atoms with van der Waals surface area (Å²) in [5.41, 5.74) is 2.15. The standard InChI is InChI=1S/C18H15N3O2S/c1-21-10-9-19-18(21)17(23)14-3-5-15(6-4-14)20-16(22)7-2-13-8-11-24-12-13/h2-12H,1H3,(H,20,22)/b7-2+. The number of nitrogens with one attached hydrogen (secondary N) is 1. The van der Waals surface area contributed by atoms with E-state index in [-0.39, 0.29) is 11.7 Å². The summed E-state index contributed by atoms with van der Waals surface area (Å²) in [5, 5.41) is 6.68. The number of aryl methyl sites for hydroxylation is 1. The van der Waals surface area contributed by atoms with Crippen LogP contribution in [0.25, 0.3) is 6.08 Å². The number of aromatic nitrogens is 2. The summed E-state index contributed by atoms with van der Waals surface area (Å²) in [6, 6.07) is 8.69. The molecule has 6 heteroatoms. The van der Waals surface area contributed by atoms with Gasteiger partial charge in [0.15, 0.2) is 5.82 Å². The first kappa shape index (κ1) is 15.9. The largest absolute Gasteiger partial charge is 0.331 e. The van der Waals surface area contributed by atoms with Gasteiger partial charge in [0, 0.05) is 36.8 Å². The highest BCUT2D eigenvalue weighted by Crippen LogP contribution is 2.13. The number of rotatable bonds is 5. The SMILES string of the molecule is Cn1ccnc1C(=O)c1ccc(NC(=O)/C=C/c2ccsc2)cc1. The Morgan fingerprint density at radius 1 is 1.21 bits per heavy atom. The lowest BCUT2D eigenvalue weighted by Crippen LogP contribution is -2.10. The highest BCUT2D eigenvalue weighted by atomic mass is 32.1. The molecule has 3 aromatic rings. The van der Waals surface area contributed by atoms with Gasteiger partial charge in [-0.15, -0.1) is 0 Å². The fourth-order valence-electron chi connectivity index (χ4n) is 2.14. The van der Waals surface area contributed by atoms with Crippen molar-refractivity contribution in [3.8, 4) is 0 Å². The number of hydrogen-bond donors (Lipinski definition) is 1. The molecule has 1 aromatic carbocycles. The van der Waals surface area contributed by atoms with Gasteiger partial charge in [0.05, 0.1) is 0 Å². The second kappa shape index (κ2) is 7.06. The van der Waals surface area contributed by atoms with Crippen LogP contribution < -0.4 is 5.32 Å². The number of ketones is 1. The number of carbonyl (C=O) groups excluding carboxylic acids is 2. The second-order valence-electron chi connectivity index (χ2n) is 5.15. The van der Waals surface area contributed by atoms with Crippen molar-refractivity contribution in [2.45, 2.75) is 0 Å². The molecule has 1 amide bonds. The number of imidazole rings is 1. The molecule has 0 fully saturated rings. The van der Waals surface area contributed by atoms with E-state index in [9.17, 15) is 9.59 Å². The van der Waals surface area contributed by atoms with Gasteiger partial charge in [-0.2, -0.15) is 11.3 Å². The van der Waals surface area contributed by atoms with Gasteiger partial charge < -0.3 is 9.88 Å². The van der Waals surface area contributed by atoms with Crippen molar-refractivity contribution in [2.24, 2.45) is 7.05 Å². The molecule has 0 atom stereocenters. The van der Waals surface area contributed by atoms with Crippen molar-refractivity contribution in [2.75, 3.05) is 5.32 Å². The number of carbonyl (C=O) groups is 2. The quantitative estimate of drug-likeness (QED) is 0.573. The summed E-state index contributed by atoms with van der Waals surface area (Å²) >= 11 is 1.58. The second-order valence-corrected chi connectivity index (χ2v) is 5.93.